The van der Waals surface area contributed by atoms with Crippen molar-refractivity contribution in [2.75, 3.05) is 5.32 Å². The van der Waals surface area contributed by atoms with Gasteiger partial charge >= 0.3 is 12.1 Å². The minimum Gasteiger partial charge on any atom is -0.318 e. The molecule has 0 saturated heterocycles. The molecule has 1 amide bonds. The third kappa shape index (κ3) is 5.61. The van der Waals surface area contributed by atoms with E-state index in [1.165, 1.54) is 12.1 Å². The van der Waals surface area contributed by atoms with Gasteiger partial charge in [-0.2, -0.15) is 13.2 Å². The molecule has 112 valence electrons. The molecular formula is C14H19F3N2O. The van der Waals surface area contributed by atoms with Crippen molar-refractivity contribution in [3.8, 4) is 0 Å². The third-order valence-electron chi connectivity index (χ3n) is 2.82. The number of hydrogen-bond donors (Lipinski definition) is 2. The molecule has 0 aliphatic rings. The van der Waals surface area contributed by atoms with Gasteiger partial charge in [0.2, 0.25) is 0 Å². The van der Waals surface area contributed by atoms with Gasteiger partial charge in [-0.15, -0.1) is 0 Å². The van der Waals surface area contributed by atoms with Gasteiger partial charge in [-0.05, 0) is 31.0 Å². The van der Waals surface area contributed by atoms with Crippen LogP contribution in [0.2, 0.25) is 0 Å². The van der Waals surface area contributed by atoms with E-state index >= 15 is 0 Å². The highest BCUT2D eigenvalue weighted by Crippen LogP contribution is 2.19. The number of benzene rings is 1. The summed E-state index contributed by atoms with van der Waals surface area (Å²) in [5.41, 5.74) is 0.975. The molecule has 0 aliphatic heterocycles. The first kappa shape index (κ1) is 16.5. The van der Waals surface area contributed by atoms with Crippen LogP contribution in [-0.4, -0.2) is 18.1 Å². The summed E-state index contributed by atoms with van der Waals surface area (Å²) in [5, 5.41) is 5.12. The Balaban J connectivity index is 2.60. The average molecular weight is 288 g/mol. The minimum absolute atomic E-state index is 0.148. The Bertz CT molecular complexity index is 446. The van der Waals surface area contributed by atoms with Crippen molar-refractivity contribution in [3.05, 3.63) is 29.8 Å². The van der Waals surface area contributed by atoms with Crippen LogP contribution < -0.4 is 10.6 Å². The molecule has 0 radical (unpaired) electrons. The summed E-state index contributed by atoms with van der Waals surface area (Å²) in [6.07, 6.45) is -2.77. The van der Waals surface area contributed by atoms with Gasteiger partial charge in [-0.25, -0.2) is 0 Å². The maximum absolute atomic E-state index is 12.1. The normalized spacial score (nSPS) is 13.1. The number of rotatable bonds is 6. The Morgan fingerprint density at radius 2 is 2.05 bits per heavy atom. The SMILES string of the molecule is CCCC(C)NCc1cccc(NC(=O)C(F)(F)F)c1. The highest BCUT2D eigenvalue weighted by atomic mass is 19.4. The second-order valence-corrected chi connectivity index (χ2v) is 4.72. The molecule has 0 fully saturated rings. The number of halogens is 3. The van der Waals surface area contributed by atoms with Crippen LogP contribution in [0.3, 0.4) is 0 Å². The molecule has 1 unspecified atom stereocenters. The van der Waals surface area contributed by atoms with Crippen LogP contribution in [0.25, 0.3) is 0 Å². The predicted molar refractivity (Wildman–Crippen MR) is 72.3 cm³/mol. The van der Waals surface area contributed by atoms with E-state index in [1.807, 2.05) is 5.32 Å². The maximum Gasteiger partial charge on any atom is 0.471 e. The van der Waals surface area contributed by atoms with Gasteiger partial charge < -0.3 is 10.6 Å². The first-order chi connectivity index (χ1) is 9.32. The Hall–Kier alpha value is -1.56. The van der Waals surface area contributed by atoms with Crippen LogP contribution in [0.4, 0.5) is 18.9 Å². The largest absolute Gasteiger partial charge is 0.471 e. The molecule has 0 aromatic heterocycles. The van der Waals surface area contributed by atoms with Crippen LogP contribution in [0.5, 0.6) is 0 Å². The van der Waals surface area contributed by atoms with Gasteiger partial charge in [0.05, 0.1) is 0 Å². The summed E-state index contributed by atoms with van der Waals surface area (Å²) >= 11 is 0. The first-order valence-corrected chi connectivity index (χ1v) is 6.53. The van der Waals surface area contributed by atoms with Crippen LogP contribution in [0.1, 0.15) is 32.3 Å². The van der Waals surface area contributed by atoms with E-state index in [2.05, 4.69) is 19.2 Å². The maximum atomic E-state index is 12.1. The lowest BCUT2D eigenvalue weighted by Gasteiger charge is -2.13. The Morgan fingerprint density at radius 3 is 2.65 bits per heavy atom. The minimum atomic E-state index is -4.87. The number of carbonyl (C=O) groups excluding carboxylic acids is 1. The molecule has 20 heavy (non-hydrogen) atoms. The Labute approximate surface area is 116 Å². The molecule has 1 aromatic rings. The highest BCUT2D eigenvalue weighted by molar-refractivity contribution is 5.94. The van der Waals surface area contributed by atoms with E-state index in [0.29, 0.717) is 12.6 Å². The average Bonchev–Trinajstić information content (AvgIpc) is 2.36. The zero-order valence-electron chi connectivity index (χ0n) is 11.6. The lowest BCUT2D eigenvalue weighted by Crippen LogP contribution is -2.30. The standard InChI is InChI=1S/C14H19F3N2O/c1-3-5-10(2)18-9-11-6-4-7-12(8-11)19-13(20)14(15,16)17/h4,6-8,10,18H,3,5,9H2,1-2H3,(H,19,20). The fraction of sp³-hybridized carbons (Fsp3) is 0.500. The van der Waals surface area contributed by atoms with E-state index in [1.54, 1.807) is 12.1 Å². The number of nitrogens with one attached hydrogen (secondary N) is 2. The molecule has 0 spiro atoms. The number of carbonyl (C=O) groups is 1. The summed E-state index contributed by atoms with van der Waals surface area (Å²) in [6, 6.07) is 6.73. The topological polar surface area (TPSA) is 41.1 Å². The monoisotopic (exact) mass is 288 g/mol. The van der Waals surface area contributed by atoms with Crippen LogP contribution in [-0.2, 0) is 11.3 Å². The van der Waals surface area contributed by atoms with Crippen molar-refractivity contribution in [2.45, 2.75) is 45.5 Å². The third-order valence-corrected chi connectivity index (χ3v) is 2.82. The van der Waals surface area contributed by atoms with Crippen LogP contribution in [0.15, 0.2) is 24.3 Å². The molecule has 0 bridgehead atoms. The Kier molecular flexibility index (Phi) is 6.01. The second kappa shape index (κ2) is 7.28. The zero-order chi connectivity index (χ0) is 15.2. The van der Waals surface area contributed by atoms with Crippen molar-refractivity contribution < 1.29 is 18.0 Å². The zero-order valence-corrected chi connectivity index (χ0v) is 11.6. The number of alkyl halides is 3. The van der Waals surface area contributed by atoms with Gasteiger partial charge in [0.15, 0.2) is 0 Å². The molecular weight excluding hydrogens is 269 g/mol. The molecule has 0 heterocycles. The van der Waals surface area contributed by atoms with Gasteiger partial charge in [-0.1, -0.05) is 25.5 Å². The number of amides is 1. The summed E-state index contributed by atoms with van der Waals surface area (Å²) in [6.45, 7) is 4.70. The highest BCUT2D eigenvalue weighted by Gasteiger charge is 2.38. The fourth-order valence-corrected chi connectivity index (χ4v) is 1.79. The molecule has 3 nitrogen and oxygen atoms in total. The summed E-state index contributed by atoms with van der Waals surface area (Å²) in [5.74, 6) is -1.96. The first-order valence-electron chi connectivity index (χ1n) is 6.53. The van der Waals surface area contributed by atoms with E-state index < -0.39 is 12.1 Å². The van der Waals surface area contributed by atoms with Gasteiger partial charge in [0, 0.05) is 18.3 Å². The second-order valence-electron chi connectivity index (χ2n) is 4.72. The van der Waals surface area contributed by atoms with Crippen LogP contribution >= 0.6 is 0 Å². The lowest BCUT2D eigenvalue weighted by molar-refractivity contribution is -0.167. The fourth-order valence-electron chi connectivity index (χ4n) is 1.79. The van der Waals surface area contributed by atoms with Gasteiger partial charge in [0.25, 0.3) is 0 Å². The number of anilines is 1. The van der Waals surface area contributed by atoms with Crippen LogP contribution in [0, 0.1) is 0 Å². The summed E-state index contributed by atoms with van der Waals surface area (Å²) in [7, 11) is 0. The van der Waals surface area contributed by atoms with E-state index in [4.69, 9.17) is 0 Å². The van der Waals surface area contributed by atoms with E-state index in [0.717, 1.165) is 18.4 Å². The molecule has 1 aromatic carbocycles. The molecule has 0 aliphatic carbocycles. The molecule has 0 saturated carbocycles. The quantitative estimate of drug-likeness (QED) is 0.841. The van der Waals surface area contributed by atoms with E-state index in [9.17, 15) is 18.0 Å². The van der Waals surface area contributed by atoms with Gasteiger partial charge in [0.1, 0.15) is 0 Å². The van der Waals surface area contributed by atoms with Crippen molar-refractivity contribution in [3.63, 3.8) is 0 Å². The number of hydrogen-bond acceptors (Lipinski definition) is 2. The van der Waals surface area contributed by atoms with Crippen molar-refractivity contribution in [2.24, 2.45) is 0 Å². The summed E-state index contributed by atoms with van der Waals surface area (Å²) in [4.78, 5) is 10.8. The predicted octanol–water partition coefficient (Wildman–Crippen LogP) is 3.47. The van der Waals surface area contributed by atoms with E-state index in [-0.39, 0.29) is 5.69 Å². The Morgan fingerprint density at radius 1 is 1.35 bits per heavy atom. The lowest BCUT2D eigenvalue weighted by atomic mass is 10.1. The smallest absolute Gasteiger partial charge is 0.318 e. The van der Waals surface area contributed by atoms with Crippen molar-refractivity contribution >= 4 is 11.6 Å². The molecule has 1 atom stereocenters. The van der Waals surface area contributed by atoms with Gasteiger partial charge in [-0.3, -0.25) is 4.79 Å². The van der Waals surface area contributed by atoms with Crippen molar-refractivity contribution in [1.29, 1.82) is 0 Å². The molecule has 2 N–H and O–H groups in total. The van der Waals surface area contributed by atoms with Crippen molar-refractivity contribution in [1.82, 2.24) is 5.32 Å². The summed E-state index contributed by atoms with van der Waals surface area (Å²) < 4.78 is 36.4. The molecule has 6 heteroatoms. The molecule has 1 rings (SSSR count).